The molecule has 0 saturated heterocycles. The Morgan fingerprint density at radius 2 is 1.10 bits per heavy atom. The molecule has 3 heterocycles. The van der Waals surface area contributed by atoms with Crippen LogP contribution in [-0.4, -0.2) is 25.2 Å². The Morgan fingerprint density at radius 3 is 1.85 bits per heavy atom. The summed E-state index contributed by atoms with van der Waals surface area (Å²) in [6.45, 7) is 0. The molecule has 0 aliphatic rings. The molecule has 0 saturated carbocycles. The summed E-state index contributed by atoms with van der Waals surface area (Å²) in [5, 5.41) is 23.3. The number of phenolic OH excluding ortho intramolecular Hbond substituents is 2. The number of aromatic hydroxyl groups is 2. The Kier molecular flexibility index (Phi) is 9.31. The van der Waals surface area contributed by atoms with Crippen LogP contribution < -0.4 is 0 Å². The van der Waals surface area contributed by atoms with E-state index >= 15 is 0 Å². The van der Waals surface area contributed by atoms with Crippen LogP contribution in [0.2, 0.25) is 0 Å². The molecule has 1 radical (unpaired) electrons. The quantitative estimate of drug-likeness (QED) is 0.138. The first kappa shape index (κ1) is 27.4. The molecule has 0 fully saturated rings. The fourth-order valence-electron chi connectivity index (χ4n) is 4.03. The Bertz CT molecular complexity index is 1750. The summed E-state index contributed by atoms with van der Waals surface area (Å²) < 4.78 is 0. The Balaban J connectivity index is 0.000000135. The first-order valence-electron chi connectivity index (χ1n) is 12.1. The topological polar surface area (TPSA) is 79.1 Å². The summed E-state index contributed by atoms with van der Waals surface area (Å²) in [7, 11) is 0. The number of aromatic nitrogens is 3. The molecule has 6 heteroatoms. The van der Waals surface area contributed by atoms with Crippen molar-refractivity contribution in [3.05, 3.63) is 140 Å². The van der Waals surface area contributed by atoms with Gasteiger partial charge in [0, 0.05) is 50.0 Å². The van der Waals surface area contributed by atoms with Crippen LogP contribution >= 0.6 is 0 Å². The van der Waals surface area contributed by atoms with Gasteiger partial charge in [-0.15, -0.1) is 35.0 Å². The van der Waals surface area contributed by atoms with Crippen molar-refractivity contribution in [2.24, 2.45) is 0 Å². The first-order chi connectivity index (χ1) is 18.7. The van der Waals surface area contributed by atoms with Crippen LogP contribution in [-0.2, 0) is 20.4 Å². The normalized spacial score (nSPS) is 10.1. The standard InChI is InChI=1S/C13H8N.C11H9NO.C9H7NO.Re/c1-2-6-12-10(4-1)7-8-11-5-3-9-14-13(11)12;13-11-7-2-1-5-9(11)10-6-3-4-8-12-10;11-8-5-1-3-7-4-2-6-10-9(7)8;/h1-5,7-9H;1-8,13H;1-6,11H;/q-1;;;. The minimum Gasteiger partial charge on any atom is -0.507 e. The van der Waals surface area contributed by atoms with Crippen molar-refractivity contribution in [2.45, 2.75) is 0 Å². The zero-order chi connectivity index (χ0) is 26.2. The van der Waals surface area contributed by atoms with Gasteiger partial charge in [-0.05, 0) is 53.4 Å². The molecular weight excluding hydrogens is 657 g/mol. The van der Waals surface area contributed by atoms with Gasteiger partial charge >= 0.3 is 0 Å². The van der Waals surface area contributed by atoms with Crippen molar-refractivity contribution in [3.8, 4) is 22.8 Å². The molecule has 3 aromatic heterocycles. The van der Waals surface area contributed by atoms with Gasteiger partial charge in [0.1, 0.15) is 17.0 Å². The second-order valence-electron chi connectivity index (χ2n) is 8.36. The number of nitrogens with zero attached hydrogens (tertiary/aromatic N) is 3. The molecule has 7 aromatic rings. The van der Waals surface area contributed by atoms with E-state index in [1.54, 1.807) is 36.7 Å². The van der Waals surface area contributed by atoms with Crippen molar-refractivity contribution < 1.29 is 30.6 Å². The molecule has 7 rings (SSSR count). The minimum atomic E-state index is 0. The van der Waals surface area contributed by atoms with E-state index in [1.165, 1.54) is 10.8 Å². The SMILES string of the molecule is Oc1cccc2cccnc12.Oc1ccccc1-c1ccccn1.[Re].[c-]1cccc2ccc3cccnc3c12. The molecule has 0 bridgehead atoms. The second kappa shape index (κ2) is 13.3. The molecule has 0 amide bonds. The van der Waals surface area contributed by atoms with Gasteiger partial charge in [0.25, 0.3) is 0 Å². The third-order valence-corrected chi connectivity index (χ3v) is 5.86. The summed E-state index contributed by atoms with van der Waals surface area (Å²) in [6, 6.07) is 39.4. The number of hydrogen-bond acceptors (Lipinski definition) is 5. The number of phenols is 2. The summed E-state index contributed by atoms with van der Waals surface area (Å²) >= 11 is 0. The fourth-order valence-corrected chi connectivity index (χ4v) is 4.03. The van der Waals surface area contributed by atoms with Crippen LogP contribution in [0.1, 0.15) is 0 Å². The summed E-state index contributed by atoms with van der Waals surface area (Å²) in [4.78, 5) is 12.6. The third-order valence-electron chi connectivity index (χ3n) is 5.86. The predicted octanol–water partition coefficient (Wildman–Crippen LogP) is 7.58. The van der Waals surface area contributed by atoms with Crippen molar-refractivity contribution >= 4 is 32.6 Å². The number of fused-ring (bicyclic) bond motifs is 4. The van der Waals surface area contributed by atoms with Gasteiger partial charge in [0.15, 0.2) is 0 Å². The Hall–Kier alpha value is -4.63. The number of rotatable bonds is 1. The maximum Gasteiger partial charge on any atom is 0.141 e. The number of hydrogen-bond donors (Lipinski definition) is 2. The number of benzene rings is 4. The zero-order valence-electron chi connectivity index (χ0n) is 20.8. The van der Waals surface area contributed by atoms with Gasteiger partial charge in [0.05, 0.1) is 5.69 Å². The van der Waals surface area contributed by atoms with Gasteiger partial charge in [-0.1, -0.05) is 54.6 Å². The zero-order valence-corrected chi connectivity index (χ0v) is 23.5. The summed E-state index contributed by atoms with van der Waals surface area (Å²) in [6.07, 6.45) is 5.20. The van der Waals surface area contributed by atoms with Gasteiger partial charge in [0.2, 0.25) is 0 Å². The maximum absolute atomic E-state index is 9.52. The third kappa shape index (κ3) is 6.63. The van der Waals surface area contributed by atoms with Crippen LogP contribution in [0.3, 0.4) is 0 Å². The van der Waals surface area contributed by atoms with E-state index in [9.17, 15) is 10.2 Å². The van der Waals surface area contributed by atoms with Crippen molar-refractivity contribution in [3.63, 3.8) is 0 Å². The van der Waals surface area contributed by atoms with Crippen LogP contribution in [0.25, 0.3) is 43.8 Å². The Morgan fingerprint density at radius 1 is 0.487 bits per heavy atom. The van der Waals surface area contributed by atoms with E-state index in [2.05, 4.69) is 45.3 Å². The molecule has 0 atom stereocenters. The molecule has 0 spiro atoms. The smallest absolute Gasteiger partial charge is 0.141 e. The van der Waals surface area contributed by atoms with E-state index in [1.807, 2.05) is 72.9 Å². The van der Waals surface area contributed by atoms with Gasteiger partial charge in [-0.2, -0.15) is 0 Å². The van der Waals surface area contributed by atoms with E-state index in [0.29, 0.717) is 5.52 Å². The molecule has 0 aliphatic carbocycles. The largest absolute Gasteiger partial charge is 0.507 e. The van der Waals surface area contributed by atoms with Gasteiger partial charge < -0.3 is 15.2 Å². The molecule has 5 nitrogen and oxygen atoms in total. The molecule has 191 valence electrons. The molecule has 0 aliphatic heterocycles. The first-order valence-corrected chi connectivity index (χ1v) is 12.1. The maximum atomic E-state index is 9.52. The van der Waals surface area contributed by atoms with Crippen molar-refractivity contribution in [2.75, 3.05) is 0 Å². The van der Waals surface area contributed by atoms with Crippen molar-refractivity contribution in [1.29, 1.82) is 0 Å². The van der Waals surface area contributed by atoms with Gasteiger partial charge in [-0.25, -0.2) is 0 Å². The van der Waals surface area contributed by atoms with Crippen LogP contribution in [0.15, 0.2) is 134 Å². The minimum absolute atomic E-state index is 0. The number of pyridine rings is 3. The van der Waals surface area contributed by atoms with E-state index in [-0.39, 0.29) is 31.9 Å². The Labute approximate surface area is 240 Å². The average Bonchev–Trinajstić information content (AvgIpc) is 2.99. The van der Waals surface area contributed by atoms with Gasteiger partial charge in [-0.3, -0.25) is 9.97 Å². The van der Waals surface area contributed by atoms with Crippen LogP contribution in [0, 0.1) is 6.07 Å². The monoisotopic (exact) mass is 681 g/mol. The summed E-state index contributed by atoms with van der Waals surface area (Å²) in [5.41, 5.74) is 3.25. The molecule has 0 unspecified atom stereocenters. The fraction of sp³-hybridized carbons (Fsp3) is 0. The van der Waals surface area contributed by atoms with Crippen LogP contribution in [0.4, 0.5) is 0 Å². The second-order valence-corrected chi connectivity index (χ2v) is 8.36. The molecule has 2 N–H and O–H groups in total. The molecule has 4 aromatic carbocycles. The average molecular weight is 681 g/mol. The van der Waals surface area contributed by atoms with E-state index in [0.717, 1.165) is 27.5 Å². The predicted molar refractivity (Wildman–Crippen MR) is 153 cm³/mol. The van der Waals surface area contributed by atoms with E-state index < -0.39 is 0 Å². The molecule has 39 heavy (non-hydrogen) atoms. The van der Waals surface area contributed by atoms with Crippen molar-refractivity contribution in [1.82, 2.24) is 15.0 Å². The van der Waals surface area contributed by atoms with Crippen LogP contribution in [0.5, 0.6) is 11.5 Å². The molecular formula is C33H24N3O2Re-. The van der Waals surface area contributed by atoms with E-state index in [4.69, 9.17) is 0 Å². The number of para-hydroxylation sites is 2. The summed E-state index contributed by atoms with van der Waals surface area (Å²) in [5.74, 6) is 0.504.